The van der Waals surface area contributed by atoms with Gasteiger partial charge in [-0.25, -0.2) is 18.5 Å². The highest BCUT2D eigenvalue weighted by atomic mass is 31.3. The quantitative estimate of drug-likeness (QED) is 0.221. The van der Waals surface area contributed by atoms with Crippen molar-refractivity contribution in [3.05, 3.63) is 6.33 Å². The Morgan fingerprint density at radius 2 is 2.00 bits per heavy atom. The molecule has 1 unspecified atom stereocenters. The predicted octanol–water partition coefficient (Wildman–Crippen LogP) is 0.301. The second-order valence-electron chi connectivity index (χ2n) is 6.10. The summed E-state index contributed by atoms with van der Waals surface area (Å²) in [6.07, 6.45) is -2.65. The highest BCUT2D eigenvalue weighted by Gasteiger charge is 2.35. The number of fused-ring (bicyclic) bond motifs is 1. The molecule has 2 heterocycles. The third-order valence-electron chi connectivity index (χ3n) is 3.87. The minimum atomic E-state index is -5.35. The molecule has 0 spiro atoms. The van der Waals surface area contributed by atoms with Crippen molar-refractivity contribution in [2.75, 3.05) is 31.4 Å². The number of alkyl halides is 1. The number of nitrogens with one attached hydrogen (secondary N) is 1. The van der Waals surface area contributed by atoms with Gasteiger partial charge in [0.2, 0.25) is 5.95 Å². The van der Waals surface area contributed by atoms with Crippen molar-refractivity contribution in [3.63, 3.8) is 0 Å². The minimum Gasteiger partial charge on any atom is -0.388 e. The van der Waals surface area contributed by atoms with Gasteiger partial charge in [0.15, 0.2) is 17.0 Å². The first-order chi connectivity index (χ1) is 14.4. The summed E-state index contributed by atoms with van der Waals surface area (Å²) >= 11 is 0. The Kier molecular flexibility index (Phi) is 8.44. The molecule has 2 aromatic heterocycles. The number of nitrogens with two attached hydrogens (primary N) is 1. The van der Waals surface area contributed by atoms with Crippen molar-refractivity contribution in [1.29, 1.82) is 0 Å². The van der Waals surface area contributed by atoms with Crippen LogP contribution in [-0.4, -0.2) is 71.8 Å². The molecule has 0 fully saturated rings. The van der Waals surface area contributed by atoms with E-state index in [2.05, 4.69) is 29.1 Å². The van der Waals surface area contributed by atoms with Gasteiger partial charge in [-0.15, -0.1) is 0 Å². The Bertz CT molecular complexity index is 988. The van der Waals surface area contributed by atoms with E-state index in [0.29, 0.717) is 11.3 Å². The molecule has 2 rings (SSSR count). The molecule has 2 aromatic rings. The second-order valence-corrected chi connectivity index (χ2v) is 8.93. The summed E-state index contributed by atoms with van der Waals surface area (Å²) in [4.78, 5) is 39.0. The zero-order valence-corrected chi connectivity index (χ0v) is 18.2. The minimum absolute atomic E-state index is 0.0621. The fraction of sp³-hybridized carbons (Fsp3) is 0.615. The van der Waals surface area contributed by atoms with Gasteiger partial charge in [0.25, 0.3) is 0 Å². The molecule has 0 amide bonds. The molecule has 0 radical (unpaired) electrons. The van der Waals surface area contributed by atoms with E-state index in [-0.39, 0.29) is 18.0 Å². The number of phosphoric acid groups is 2. The normalized spacial score (nSPS) is 17.3. The number of aliphatic hydroxyl groups excluding tert-OH is 1. The standard InChI is InChI=1S/C13H23FN6O9P2/c1-3-9(20-6-17-10-11(16-2)18-13(15)19-12(10)20)28-8(7(21)4-14)5-27-31(25,26)29-30(22,23)24/h6-9,21H,3-5H2,1-2H3,(H,25,26)(H2,22,23,24)(H3,15,16,18,19)/t7-,8+,9+/m0/s1. The number of phosphoric ester groups is 1. The summed E-state index contributed by atoms with van der Waals surface area (Å²) < 4.78 is 50.7. The first kappa shape index (κ1) is 25.5. The van der Waals surface area contributed by atoms with Gasteiger partial charge in [0, 0.05) is 7.05 Å². The van der Waals surface area contributed by atoms with Crippen LogP contribution in [0.25, 0.3) is 11.2 Å². The lowest BCUT2D eigenvalue weighted by Gasteiger charge is -2.27. The van der Waals surface area contributed by atoms with E-state index >= 15 is 0 Å². The molecule has 176 valence electrons. The predicted molar refractivity (Wildman–Crippen MR) is 104 cm³/mol. The average molecular weight is 488 g/mol. The smallest absolute Gasteiger partial charge is 0.388 e. The van der Waals surface area contributed by atoms with Crippen LogP contribution in [0.5, 0.6) is 0 Å². The molecule has 15 nitrogen and oxygen atoms in total. The van der Waals surface area contributed by atoms with Crippen molar-refractivity contribution in [1.82, 2.24) is 19.5 Å². The Balaban J connectivity index is 2.27. The molecule has 0 aliphatic rings. The Morgan fingerprint density at radius 1 is 1.32 bits per heavy atom. The number of rotatable bonds is 12. The molecule has 0 saturated heterocycles. The van der Waals surface area contributed by atoms with E-state index in [0.717, 1.165) is 0 Å². The zero-order valence-electron chi connectivity index (χ0n) is 16.4. The van der Waals surface area contributed by atoms with Crippen molar-refractivity contribution in [2.24, 2.45) is 0 Å². The van der Waals surface area contributed by atoms with E-state index in [4.69, 9.17) is 20.3 Å². The average Bonchev–Trinajstić information content (AvgIpc) is 3.08. The van der Waals surface area contributed by atoms with Crippen molar-refractivity contribution < 1.29 is 46.9 Å². The lowest BCUT2D eigenvalue weighted by Crippen LogP contribution is -2.37. The van der Waals surface area contributed by atoms with Gasteiger partial charge < -0.3 is 35.6 Å². The van der Waals surface area contributed by atoms with Crippen LogP contribution < -0.4 is 11.1 Å². The van der Waals surface area contributed by atoms with Gasteiger partial charge in [-0.05, 0) is 6.42 Å². The maximum Gasteiger partial charge on any atom is 0.481 e. The topological polar surface area (TPSA) is 224 Å². The van der Waals surface area contributed by atoms with Crippen LogP contribution in [0.2, 0.25) is 0 Å². The monoisotopic (exact) mass is 488 g/mol. The Morgan fingerprint density at radius 3 is 2.55 bits per heavy atom. The summed E-state index contributed by atoms with van der Waals surface area (Å²) in [5.41, 5.74) is 6.31. The highest BCUT2D eigenvalue weighted by molar-refractivity contribution is 7.60. The number of aromatic nitrogens is 4. The fourth-order valence-corrected chi connectivity index (χ4v) is 4.14. The third kappa shape index (κ3) is 6.87. The number of nitrogens with zero attached hydrogens (tertiary/aromatic N) is 4. The molecule has 4 atom stereocenters. The maximum atomic E-state index is 13.1. The number of aliphatic hydroxyl groups is 1. The number of hydrogen-bond acceptors (Lipinski definition) is 11. The van der Waals surface area contributed by atoms with Gasteiger partial charge in [-0.2, -0.15) is 14.3 Å². The molecule has 0 bridgehead atoms. The lowest BCUT2D eigenvalue weighted by atomic mass is 10.2. The Labute approximate surface area is 175 Å². The molecule has 18 heteroatoms. The van der Waals surface area contributed by atoms with Crippen LogP contribution in [0, 0.1) is 0 Å². The van der Waals surface area contributed by atoms with Crippen molar-refractivity contribution in [3.8, 4) is 0 Å². The Hall–Kier alpha value is -1.74. The lowest BCUT2D eigenvalue weighted by molar-refractivity contribution is -0.125. The van der Waals surface area contributed by atoms with Gasteiger partial charge >= 0.3 is 15.6 Å². The van der Waals surface area contributed by atoms with E-state index < -0.39 is 47.4 Å². The van der Waals surface area contributed by atoms with Gasteiger partial charge in [0.1, 0.15) is 25.1 Å². The number of ether oxygens (including phenoxy) is 1. The van der Waals surface area contributed by atoms with E-state index in [1.54, 1.807) is 14.0 Å². The molecular weight excluding hydrogens is 465 g/mol. The zero-order chi connectivity index (χ0) is 23.4. The number of hydrogen-bond donors (Lipinski definition) is 6. The van der Waals surface area contributed by atoms with E-state index in [1.807, 2.05) is 0 Å². The van der Waals surface area contributed by atoms with Crippen LogP contribution in [0.3, 0.4) is 0 Å². The summed E-state index contributed by atoms with van der Waals surface area (Å²) in [5.74, 6) is 0.281. The van der Waals surface area contributed by atoms with Gasteiger partial charge in [-0.3, -0.25) is 9.09 Å². The molecule has 0 aliphatic heterocycles. The van der Waals surface area contributed by atoms with E-state index in [1.165, 1.54) is 10.9 Å². The molecular formula is C13H23FN6O9P2. The van der Waals surface area contributed by atoms with Crippen LogP contribution in [0.1, 0.15) is 19.6 Å². The van der Waals surface area contributed by atoms with E-state index in [9.17, 15) is 23.5 Å². The highest BCUT2D eigenvalue weighted by Crippen LogP contribution is 2.57. The maximum absolute atomic E-state index is 13.1. The largest absolute Gasteiger partial charge is 0.481 e. The van der Waals surface area contributed by atoms with Crippen LogP contribution in [0.4, 0.5) is 16.2 Å². The molecule has 31 heavy (non-hydrogen) atoms. The molecule has 0 aliphatic carbocycles. The summed E-state index contributed by atoms with van der Waals surface area (Å²) in [6.45, 7) is -0.544. The van der Waals surface area contributed by atoms with Gasteiger partial charge in [-0.1, -0.05) is 6.92 Å². The van der Waals surface area contributed by atoms with Crippen molar-refractivity contribution >= 4 is 38.6 Å². The SMILES string of the molecule is CC[C@@H](O[C@H](COP(=O)(O)OP(=O)(O)O)[C@@H](O)CF)n1cnc2c(NC)nc(N)nc21. The van der Waals surface area contributed by atoms with Crippen molar-refractivity contribution in [2.45, 2.75) is 31.8 Å². The number of halogens is 1. The molecule has 0 aromatic carbocycles. The first-order valence-electron chi connectivity index (χ1n) is 8.72. The van der Waals surface area contributed by atoms with Crippen LogP contribution >= 0.6 is 15.6 Å². The first-order valence-corrected chi connectivity index (χ1v) is 11.7. The summed E-state index contributed by atoms with van der Waals surface area (Å²) in [7, 11) is -8.98. The number of nitrogen functional groups attached to an aromatic ring is 1. The molecule has 7 N–H and O–H groups in total. The summed E-state index contributed by atoms with van der Waals surface area (Å²) in [6, 6.07) is 0. The third-order valence-corrected chi connectivity index (χ3v) is 6.02. The molecule has 0 saturated carbocycles. The number of imidazole rings is 1. The number of anilines is 2. The van der Waals surface area contributed by atoms with Crippen LogP contribution in [-0.2, 0) is 22.7 Å². The summed E-state index contributed by atoms with van der Waals surface area (Å²) in [5, 5.41) is 12.7. The fourth-order valence-electron chi connectivity index (χ4n) is 2.54. The second kappa shape index (κ2) is 10.3. The van der Waals surface area contributed by atoms with Crippen LogP contribution in [0.15, 0.2) is 6.33 Å². The van der Waals surface area contributed by atoms with Gasteiger partial charge in [0.05, 0.1) is 12.9 Å².